The normalized spacial score (nSPS) is 12.6. The van der Waals surface area contributed by atoms with Crippen molar-refractivity contribution in [2.45, 2.75) is 45.4 Å². The zero-order valence-corrected chi connectivity index (χ0v) is 10.7. The van der Waals surface area contributed by atoms with E-state index in [1.807, 2.05) is 6.07 Å². The summed E-state index contributed by atoms with van der Waals surface area (Å²) in [5.41, 5.74) is 6.55. The zero-order valence-electron chi connectivity index (χ0n) is 10.7. The SMILES string of the molecule is CCCC(CCN)CCC(=O)Cc1ccoc1. The minimum atomic E-state index is 0.296. The predicted octanol–water partition coefficient (Wildman–Crippen LogP) is 2.94. The lowest BCUT2D eigenvalue weighted by Crippen LogP contribution is -2.11. The second-order valence-electron chi connectivity index (χ2n) is 4.62. The molecule has 0 aliphatic heterocycles. The molecular weight excluding hydrogens is 214 g/mol. The zero-order chi connectivity index (χ0) is 12.5. The smallest absolute Gasteiger partial charge is 0.137 e. The van der Waals surface area contributed by atoms with E-state index in [0.717, 1.165) is 24.9 Å². The summed E-state index contributed by atoms with van der Waals surface area (Å²) in [6.07, 6.45) is 8.76. The van der Waals surface area contributed by atoms with Gasteiger partial charge in [-0.1, -0.05) is 19.8 Å². The van der Waals surface area contributed by atoms with Crippen LogP contribution in [0.1, 0.15) is 44.6 Å². The number of Topliss-reactive ketones (excluding diaryl/α,β-unsaturated/α-hetero) is 1. The van der Waals surface area contributed by atoms with Gasteiger partial charge >= 0.3 is 0 Å². The Morgan fingerprint density at radius 3 is 2.82 bits per heavy atom. The molecular formula is C14H23NO2. The first-order valence-electron chi connectivity index (χ1n) is 6.49. The summed E-state index contributed by atoms with van der Waals surface area (Å²) < 4.78 is 4.95. The molecule has 0 aliphatic carbocycles. The minimum Gasteiger partial charge on any atom is -0.472 e. The highest BCUT2D eigenvalue weighted by Crippen LogP contribution is 2.17. The van der Waals surface area contributed by atoms with Gasteiger partial charge in [0, 0.05) is 12.8 Å². The van der Waals surface area contributed by atoms with Gasteiger partial charge in [0.2, 0.25) is 0 Å². The molecule has 0 saturated heterocycles. The Labute approximate surface area is 103 Å². The maximum Gasteiger partial charge on any atom is 0.137 e. The molecule has 0 spiro atoms. The third-order valence-electron chi connectivity index (χ3n) is 3.08. The lowest BCUT2D eigenvalue weighted by molar-refractivity contribution is -0.118. The van der Waals surface area contributed by atoms with Crippen molar-refractivity contribution in [1.29, 1.82) is 0 Å². The lowest BCUT2D eigenvalue weighted by Gasteiger charge is -2.14. The molecule has 1 atom stereocenters. The topological polar surface area (TPSA) is 56.2 Å². The number of hydrogen-bond acceptors (Lipinski definition) is 3. The fourth-order valence-electron chi connectivity index (χ4n) is 2.15. The van der Waals surface area contributed by atoms with Gasteiger partial charge in [0.1, 0.15) is 5.78 Å². The molecule has 17 heavy (non-hydrogen) atoms. The van der Waals surface area contributed by atoms with Crippen LogP contribution in [0.15, 0.2) is 23.0 Å². The Hall–Kier alpha value is -1.09. The molecule has 1 aromatic heterocycles. The monoisotopic (exact) mass is 237 g/mol. The molecule has 1 heterocycles. The standard InChI is InChI=1S/C14H23NO2/c1-2-3-12(6-8-15)4-5-14(16)10-13-7-9-17-11-13/h7,9,11-12H,2-6,8,10,15H2,1H3. The van der Waals surface area contributed by atoms with Gasteiger partial charge in [0.05, 0.1) is 12.5 Å². The molecule has 0 amide bonds. The van der Waals surface area contributed by atoms with Crippen molar-refractivity contribution in [2.24, 2.45) is 11.7 Å². The van der Waals surface area contributed by atoms with Crippen molar-refractivity contribution in [3.8, 4) is 0 Å². The molecule has 0 fully saturated rings. The Morgan fingerprint density at radius 1 is 1.41 bits per heavy atom. The number of furan rings is 1. The molecule has 1 rings (SSSR count). The van der Waals surface area contributed by atoms with Crippen molar-refractivity contribution in [3.63, 3.8) is 0 Å². The summed E-state index contributed by atoms with van der Waals surface area (Å²) in [7, 11) is 0. The summed E-state index contributed by atoms with van der Waals surface area (Å²) in [6, 6.07) is 1.85. The van der Waals surface area contributed by atoms with Gasteiger partial charge in [-0.25, -0.2) is 0 Å². The highest BCUT2D eigenvalue weighted by atomic mass is 16.3. The average Bonchev–Trinajstić information content (AvgIpc) is 2.79. The van der Waals surface area contributed by atoms with Crippen molar-refractivity contribution in [3.05, 3.63) is 24.2 Å². The van der Waals surface area contributed by atoms with E-state index in [1.165, 1.54) is 12.8 Å². The number of carbonyl (C=O) groups is 1. The first kappa shape index (κ1) is 14.0. The quantitative estimate of drug-likeness (QED) is 0.718. The van der Waals surface area contributed by atoms with Crippen molar-refractivity contribution >= 4 is 5.78 Å². The van der Waals surface area contributed by atoms with Gasteiger partial charge in [-0.2, -0.15) is 0 Å². The van der Waals surface area contributed by atoms with E-state index in [1.54, 1.807) is 12.5 Å². The number of hydrogen-bond donors (Lipinski definition) is 1. The first-order chi connectivity index (χ1) is 8.26. The van der Waals surface area contributed by atoms with Gasteiger partial charge in [0.15, 0.2) is 0 Å². The molecule has 0 aliphatic rings. The van der Waals surface area contributed by atoms with E-state index < -0.39 is 0 Å². The number of nitrogens with two attached hydrogens (primary N) is 1. The van der Waals surface area contributed by atoms with Gasteiger partial charge in [-0.05, 0) is 36.9 Å². The number of carbonyl (C=O) groups excluding carboxylic acids is 1. The first-order valence-corrected chi connectivity index (χ1v) is 6.49. The molecule has 1 aromatic rings. The van der Waals surface area contributed by atoms with E-state index >= 15 is 0 Å². The van der Waals surface area contributed by atoms with E-state index in [9.17, 15) is 4.79 Å². The molecule has 96 valence electrons. The maximum atomic E-state index is 11.8. The third-order valence-corrected chi connectivity index (χ3v) is 3.08. The molecule has 0 saturated carbocycles. The van der Waals surface area contributed by atoms with Crippen LogP contribution < -0.4 is 5.73 Å². The fraction of sp³-hybridized carbons (Fsp3) is 0.643. The van der Waals surface area contributed by atoms with Crippen LogP contribution in [-0.2, 0) is 11.2 Å². The maximum absolute atomic E-state index is 11.8. The van der Waals surface area contributed by atoms with Crippen LogP contribution >= 0.6 is 0 Å². The van der Waals surface area contributed by atoms with Crippen molar-refractivity contribution < 1.29 is 9.21 Å². The largest absolute Gasteiger partial charge is 0.472 e. The van der Waals surface area contributed by atoms with E-state index in [-0.39, 0.29) is 0 Å². The highest BCUT2D eigenvalue weighted by Gasteiger charge is 2.11. The molecule has 2 N–H and O–H groups in total. The van der Waals surface area contributed by atoms with Crippen LogP contribution in [0.25, 0.3) is 0 Å². The summed E-state index contributed by atoms with van der Waals surface area (Å²) in [5, 5.41) is 0. The van der Waals surface area contributed by atoms with Crippen LogP contribution in [0.3, 0.4) is 0 Å². The molecule has 3 nitrogen and oxygen atoms in total. The van der Waals surface area contributed by atoms with Gasteiger partial charge < -0.3 is 10.2 Å². The van der Waals surface area contributed by atoms with E-state index in [2.05, 4.69) is 6.92 Å². The van der Waals surface area contributed by atoms with Crippen LogP contribution in [0.2, 0.25) is 0 Å². The highest BCUT2D eigenvalue weighted by molar-refractivity contribution is 5.80. The minimum absolute atomic E-state index is 0.296. The number of rotatable bonds is 9. The molecule has 1 unspecified atom stereocenters. The Balaban J connectivity index is 2.25. The average molecular weight is 237 g/mol. The van der Waals surface area contributed by atoms with Crippen molar-refractivity contribution in [2.75, 3.05) is 6.54 Å². The summed E-state index contributed by atoms with van der Waals surface area (Å²) in [5.74, 6) is 0.905. The Morgan fingerprint density at radius 2 is 2.24 bits per heavy atom. The van der Waals surface area contributed by atoms with Crippen LogP contribution in [0, 0.1) is 5.92 Å². The second kappa shape index (κ2) is 8.07. The molecule has 3 heteroatoms. The van der Waals surface area contributed by atoms with Gasteiger partial charge in [0.25, 0.3) is 0 Å². The Bertz CT molecular complexity index is 300. The van der Waals surface area contributed by atoms with E-state index in [4.69, 9.17) is 10.2 Å². The summed E-state index contributed by atoms with van der Waals surface area (Å²) >= 11 is 0. The van der Waals surface area contributed by atoms with E-state index in [0.29, 0.717) is 24.5 Å². The lowest BCUT2D eigenvalue weighted by atomic mass is 9.92. The molecule has 0 radical (unpaired) electrons. The molecule has 0 bridgehead atoms. The molecule has 0 aromatic carbocycles. The van der Waals surface area contributed by atoms with Gasteiger partial charge in [-0.3, -0.25) is 4.79 Å². The fourth-order valence-corrected chi connectivity index (χ4v) is 2.15. The van der Waals surface area contributed by atoms with Gasteiger partial charge in [-0.15, -0.1) is 0 Å². The van der Waals surface area contributed by atoms with Crippen LogP contribution in [0.5, 0.6) is 0 Å². The van der Waals surface area contributed by atoms with Crippen LogP contribution in [-0.4, -0.2) is 12.3 Å². The second-order valence-corrected chi connectivity index (χ2v) is 4.62. The van der Waals surface area contributed by atoms with Crippen LogP contribution in [0.4, 0.5) is 0 Å². The third kappa shape index (κ3) is 5.68. The van der Waals surface area contributed by atoms with Crippen molar-refractivity contribution in [1.82, 2.24) is 0 Å². The summed E-state index contributed by atoms with van der Waals surface area (Å²) in [4.78, 5) is 11.8. The summed E-state index contributed by atoms with van der Waals surface area (Å²) in [6.45, 7) is 2.90. The Kier molecular flexibility index (Phi) is 6.63. The predicted molar refractivity (Wildman–Crippen MR) is 68.7 cm³/mol. The number of ketones is 1.